The van der Waals surface area contributed by atoms with E-state index in [0.717, 1.165) is 55.8 Å². The Labute approximate surface area is 268 Å². The van der Waals surface area contributed by atoms with Gasteiger partial charge in [-0.2, -0.15) is 13.2 Å². The van der Waals surface area contributed by atoms with E-state index in [1.54, 1.807) is 6.08 Å². The van der Waals surface area contributed by atoms with Crippen LogP contribution in [0.25, 0.3) is 6.08 Å². The van der Waals surface area contributed by atoms with Gasteiger partial charge in [0.15, 0.2) is 0 Å². The number of benzene rings is 3. The molecular weight excluding hydrogens is 589 g/mol. The Morgan fingerprint density at radius 3 is 2.54 bits per heavy atom. The van der Waals surface area contributed by atoms with Crippen molar-refractivity contribution < 1.29 is 27.8 Å². The number of nitrogens with zero attached hydrogens (tertiary/aromatic N) is 2. The van der Waals surface area contributed by atoms with E-state index >= 15 is 0 Å². The smallest absolute Gasteiger partial charge is 0.416 e. The van der Waals surface area contributed by atoms with Crippen LogP contribution in [0.4, 0.5) is 13.2 Å². The van der Waals surface area contributed by atoms with E-state index in [1.165, 1.54) is 29.3 Å². The number of ether oxygens (including phenoxy) is 1. The molecule has 1 spiro atoms. The first kappa shape index (κ1) is 31.0. The summed E-state index contributed by atoms with van der Waals surface area (Å²) < 4.78 is 46.0. The molecule has 8 heteroatoms. The van der Waals surface area contributed by atoms with Crippen LogP contribution in [0.2, 0.25) is 0 Å². The van der Waals surface area contributed by atoms with Crippen molar-refractivity contribution in [2.75, 3.05) is 19.6 Å². The second-order valence-corrected chi connectivity index (χ2v) is 13.9. The van der Waals surface area contributed by atoms with Crippen LogP contribution in [0.1, 0.15) is 60.9 Å². The van der Waals surface area contributed by atoms with E-state index < -0.39 is 28.9 Å². The van der Waals surface area contributed by atoms with Gasteiger partial charge in [0.1, 0.15) is 11.9 Å². The molecule has 2 bridgehead atoms. The molecule has 2 heterocycles. The maximum Gasteiger partial charge on any atom is 0.416 e. The number of hydrogen-bond donors (Lipinski definition) is 1. The number of carbonyl (C=O) groups excluding carboxylic acids is 1. The second kappa shape index (κ2) is 11.6. The Hall–Kier alpha value is -3.62. The number of carbonyl (C=O) groups is 1. The van der Waals surface area contributed by atoms with Crippen molar-refractivity contribution in [3.8, 4) is 5.75 Å². The van der Waals surface area contributed by atoms with Gasteiger partial charge in [-0.15, -0.1) is 0 Å². The van der Waals surface area contributed by atoms with Gasteiger partial charge in [0, 0.05) is 30.8 Å². The van der Waals surface area contributed by atoms with Crippen LogP contribution in [0.5, 0.6) is 5.75 Å². The summed E-state index contributed by atoms with van der Waals surface area (Å²) in [5, 5.41) is 12.9. The van der Waals surface area contributed by atoms with Crippen molar-refractivity contribution in [2.24, 2.45) is 5.92 Å². The molecule has 3 aromatic carbocycles. The average molecular weight is 631 g/mol. The van der Waals surface area contributed by atoms with Crippen molar-refractivity contribution >= 4 is 12.0 Å². The molecule has 1 N–H and O–H groups in total. The number of likely N-dealkylation sites (tertiary alicyclic amines) is 1. The number of halogens is 3. The van der Waals surface area contributed by atoms with Gasteiger partial charge in [-0.3, -0.25) is 9.69 Å². The third-order valence-corrected chi connectivity index (χ3v) is 10.9. The third kappa shape index (κ3) is 5.05. The lowest BCUT2D eigenvalue weighted by Crippen LogP contribution is -2.78. The minimum absolute atomic E-state index is 0.0494. The topological polar surface area (TPSA) is 53.0 Å². The zero-order chi connectivity index (χ0) is 32.3. The molecule has 5 nitrogen and oxygen atoms in total. The fraction of sp³-hybridized carbons (Fsp3) is 0.447. The largest absolute Gasteiger partial charge is 0.487 e. The highest BCUT2D eigenvalue weighted by molar-refractivity contribution is 5.92. The van der Waals surface area contributed by atoms with Gasteiger partial charge in [-0.05, 0) is 85.5 Å². The first-order valence-corrected chi connectivity index (χ1v) is 16.5. The molecule has 2 fully saturated rings. The lowest BCUT2D eigenvalue weighted by atomic mass is 9.48. The van der Waals surface area contributed by atoms with Gasteiger partial charge in [0.25, 0.3) is 0 Å². The van der Waals surface area contributed by atoms with Crippen LogP contribution in [0.15, 0.2) is 78.9 Å². The summed E-state index contributed by atoms with van der Waals surface area (Å²) in [4.78, 5) is 18.3. The fourth-order valence-corrected chi connectivity index (χ4v) is 8.91. The van der Waals surface area contributed by atoms with Crippen molar-refractivity contribution in [3.63, 3.8) is 0 Å². The van der Waals surface area contributed by atoms with Crippen molar-refractivity contribution in [3.05, 3.63) is 107 Å². The third-order valence-electron chi connectivity index (χ3n) is 10.9. The minimum Gasteiger partial charge on any atom is -0.487 e. The van der Waals surface area contributed by atoms with E-state index in [9.17, 15) is 23.1 Å². The Bertz CT molecular complexity index is 1620. The van der Waals surface area contributed by atoms with Gasteiger partial charge < -0.3 is 14.7 Å². The molecular formula is C38H41F3N2O3. The highest BCUT2D eigenvalue weighted by Gasteiger charge is 2.73. The summed E-state index contributed by atoms with van der Waals surface area (Å²) in [7, 11) is 0. The standard InChI is InChI=1S/C38H41F3N2O3/c1-25(2)24-43(33(44)16-13-27-11-14-29(15-12-27)38(39,40)41)30-17-19-37(45)32-23-28-9-6-10-31-34(28)36(37,35(30)46-31)20-22-42(32)21-18-26-7-4-3-5-8-26/h3-16,25,30,32,35,45H,17-24H2,1-2H3/b16-13+/t30?,32-,35?,36+,37-/m1/s1. The van der Waals surface area contributed by atoms with Gasteiger partial charge in [0.2, 0.25) is 5.91 Å². The van der Waals surface area contributed by atoms with E-state index in [1.807, 2.05) is 23.1 Å². The second-order valence-electron chi connectivity index (χ2n) is 13.9. The lowest BCUT2D eigenvalue weighted by Gasteiger charge is -2.65. The van der Waals surface area contributed by atoms with Gasteiger partial charge >= 0.3 is 6.18 Å². The normalized spacial score (nSPS) is 28.3. The Balaban J connectivity index is 1.19. The summed E-state index contributed by atoms with van der Waals surface area (Å²) in [6.07, 6.45) is 1.81. The quantitative estimate of drug-likeness (QED) is 0.283. The van der Waals surface area contributed by atoms with Crippen LogP contribution < -0.4 is 4.74 Å². The molecule has 2 aliphatic carbocycles. The molecule has 3 aromatic rings. The molecule has 0 radical (unpaired) electrons. The number of piperidine rings is 1. The molecule has 7 rings (SSSR count). The van der Waals surface area contributed by atoms with Crippen molar-refractivity contribution in [1.82, 2.24) is 9.80 Å². The van der Waals surface area contributed by atoms with Gasteiger partial charge in [-0.1, -0.05) is 68.4 Å². The number of rotatable bonds is 8. The van der Waals surface area contributed by atoms with Crippen molar-refractivity contribution in [1.29, 1.82) is 0 Å². The summed E-state index contributed by atoms with van der Waals surface area (Å²) in [5.74, 6) is 0.800. The minimum atomic E-state index is -4.41. The summed E-state index contributed by atoms with van der Waals surface area (Å²) in [5.41, 5.74) is 1.82. The van der Waals surface area contributed by atoms with Crippen LogP contribution >= 0.6 is 0 Å². The number of amides is 1. The lowest BCUT2D eigenvalue weighted by molar-refractivity contribution is -0.201. The van der Waals surface area contributed by atoms with E-state index in [2.05, 4.69) is 49.1 Å². The highest BCUT2D eigenvalue weighted by Crippen LogP contribution is 2.64. The number of alkyl halides is 3. The molecule has 1 amide bonds. The van der Waals surface area contributed by atoms with Crippen LogP contribution in [-0.4, -0.2) is 64.2 Å². The molecule has 0 aromatic heterocycles. The predicted octanol–water partition coefficient (Wildman–Crippen LogP) is 6.67. The van der Waals surface area contributed by atoms with E-state index in [0.29, 0.717) is 24.9 Å². The molecule has 1 saturated heterocycles. The maximum atomic E-state index is 14.0. The van der Waals surface area contributed by atoms with E-state index in [4.69, 9.17) is 4.74 Å². The molecule has 5 atom stereocenters. The predicted molar refractivity (Wildman–Crippen MR) is 171 cm³/mol. The fourth-order valence-electron chi connectivity index (χ4n) is 8.91. The van der Waals surface area contributed by atoms with Crippen molar-refractivity contribution in [2.45, 2.75) is 81.3 Å². The van der Waals surface area contributed by atoms with Gasteiger partial charge in [-0.25, -0.2) is 0 Å². The Morgan fingerprint density at radius 1 is 1.07 bits per heavy atom. The van der Waals surface area contributed by atoms with Crippen LogP contribution in [-0.2, 0) is 29.2 Å². The summed E-state index contributed by atoms with van der Waals surface area (Å²) in [6, 6.07) is 21.2. The van der Waals surface area contributed by atoms with Crippen LogP contribution in [0.3, 0.4) is 0 Å². The molecule has 242 valence electrons. The summed E-state index contributed by atoms with van der Waals surface area (Å²) in [6.45, 7) is 6.35. The Morgan fingerprint density at radius 2 is 1.83 bits per heavy atom. The first-order chi connectivity index (χ1) is 22.0. The van der Waals surface area contributed by atoms with E-state index in [-0.39, 0.29) is 23.9 Å². The maximum absolute atomic E-state index is 14.0. The molecule has 2 unspecified atom stereocenters. The monoisotopic (exact) mass is 630 g/mol. The summed E-state index contributed by atoms with van der Waals surface area (Å²) >= 11 is 0. The number of hydrogen-bond acceptors (Lipinski definition) is 4. The molecule has 1 saturated carbocycles. The average Bonchev–Trinajstić information content (AvgIpc) is 3.37. The molecule has 46 heavy (non-hydrogen) atoms. The SMILES string of the molecule is CC(C)CN(C(=O)/C=C/c1ccc(C(F)(F)F)cc1)C1CC[C@@]2(O)[C@H]3Cc4cccc5c4[C@@]2(CCN3CCc2ccccc2)C1O5. The highest BCUT2D eigenvalue weighted by atomic mass is 19.4. The zero-order valence-electron chi connectivity index (χ0n) is 26.3. The first-order valence-electron chi connectivity index (χ1n) is 16.5. The van der Waals surface area contributed by atoms with Crippen LogP contribution in [0, 0.1) is 5.92 Å². The number of aliphatic hydroxyl groups is 1. The van der Waals surface area contributed by atoms with Gasteiger partial charge in [0.05, 0.1) is 22.6 Å². The molecule has 2 aliphatic heterocycles. The molecule has 4 aliphatic rings. The Kier molecular flexibility index (Phi) is 7.80. The zero-order valence-corrected chi connectivity index (χ0v) is 26.3.